The fourth-order valence-corrected chi connectivity index (χ4v) is 3.65. The molecule has 124 valence electrons. The number of halogens is 1. The molecule has 1 aromatic heterocycles. The van der Waals surface area contributed by atoms with Gasteiger partial charge in [-0.15, -0.1) is 0 Å². The van der Waals surface area contributed by atoms with Crippen LogP contribution >= 0.6 is 0 Å². The van der Waals surface area contributed by atoms with Crippen LogP contribution in [0.25, 0.3) is 0 Å². The van der Waals surface area contributed by atoms with E-state index in [1.165, 1.54) is 18.1 Å². The quantitative estimate of drug-likeness (QED) is 0.833. The number of anilines is 1. The van der Waals surface area contributed by atoms with Crippen LogP contribution in [0.4, 0.5) is 10.1 Å². The Balaban J connectivity index is 1.85. The highest BCUT2D eigenvalue weighted by Crippen LogP contribution is 2.42. The molecular weight excluding hydrogens is 311 g/mol. The van der Waals surface area contributed by atoms with Gasteiger partial charge >= 0.3 is 6.01 Å². The first kappa shape index (κ1) is 15.0. The Labute approximate surface area is 138 Å². The van der Waals surface area contributed by atoms with E-state index in [4.69, 9.17) is 4.74 Å². The summed E-state index contributed by atoms with van der Waals surface area (Å²) in [7, 11) is 3.44. The third-order valence-electron chi connectivity index (χ3n) is 4.68. The van der Waals surface area contributed by atoms with E-state index < -0.39 is 11.2 Å². The second-order valence-electron chi connectivity index (χ2n) is 6.33. The summed E-state index contributed by atoms with van der Waals surface area (Å²) >= 11 is 0. The Morgan fingerprint density at radius 1 is 1.29 bits per heavy atom. The summed E-state index contributed by atoms with van der Waals surface area (Å²) in [6, 6.07) is 6.57. The highest BCUT2D eigenvalue weighted by Gasteiger charge is 2.56. The van der Waals surface area contributed by atoms with Gasteiger partial charge in [-0.1, -0.05) is 12.1 Å². The van der Waals surface area contributed by atoms with Crippen LogP contribution in [0, 0.1) is 5.82 Å². The highest BCUT2D eigenvalue weighted by molar-refractivity contribution is 6.03. The van der Waals surface area contributed by atoms with Gasteiger partial charge in [-0.2, -0.15) is 4.98 Å². The Morgan fingerprint density at radius 3 is 2.71 bits per heavy atom. The SMILES string of the molecule is COc1ncc2c(n1)C1(CN(C)C1)C(=O)N(c1ccccc1F)C2. The van der Waals surface area contributed by atoms with Crippen molar-refractivity contribution < 1.29 is 13.9 Å². The lowest BCUT2D eigenvalue weighted by Crippen LogP contribution is -2.68. The van der Waals surface area contributed by atoms with Crippen LogP contribution in [-0.2, 0) is 16.8 Å². The number of aromatic nitrogens is 2. The average molecular weight is 328 g/mol. The van der Waals surface area contributed by atoms with Crippen LogP contribution in [0.3, 0.4) is 0 Å². The predicted molar refractivity (Wildman–Crippen MR) is 85.3 cm³/mol. The second kappa shape index (κ2) is 5.24. The standard InChI is InChI=1S/C17H17FN4O2/c1-21-9-17(10-21)14-11(7-19-16(20-14)24-2)8-22(15(17)23)13-6-4-3-5-12(13)18/h3-7H,8-10H2,1-2H3. The molecule has 24 heavy (non-hydrogen) atoms. The first-order chi connectivity index (χ1) is 11.5. The molecule has 0 saturated carbocycles. The Kier molecular flexibility index (Phi) is 3.28. The minimum atomic E-state index is -0.763. The molecule has 4 rings (SSSR count). The molecule has 1 fully saturated rings. The van der Waals surface area contributed by atoms with Gasteiger partial charge in [0, 0.05) is 24.8 Å². The zero-order chi connectivity index (χ0) is 16.9. The molecule has 0 N–H and O–H groups in total. The van der Waals surface area contributed by atoms with Gasteiger partial charge in [-0.3, -0.25) is 4.79 Å². The molecule has 2 aliphatic rings. The van der Waals surface area contributed by atoms with Gasteiger partial charge in [-0.05, 0) is 19.2 Å². The molecule has 3 heterocycles. The number of fused-ring (bicyclic) bond motifs is 2. The number of nitrogens with zero attached hydrogens (tertiary/aromatic N) is 4. The maximum atomic E-state index is 14.2. The van der Waals surface area contributed by atoms with E-state index in [0.717, 1.165) is 5.56 Å². The summed E-state index contributed by atoms with van der Waals surface area (Å²) in [4.78, 5) is 25.4. The number of likely N-dealkylation sites (N-methyl/N-ethyl adjacent to an activating group) is 1. The number of carbonyl (C=O) groups excluding carboxylic acids is 1. The molecular formula is C17H17FN4O2. The van der Waals surface area contributed by atoms with Crippen molar-refractivity contribution in [1.29, 1.82) is 0 Å². The van der Waals surface area contributed by atoms with Crippen LogP contribution in [0.15, 0.2) is 30.5 Å². The molecule has 1 amide bonds. The minimum absolute atomic E-state index is 0.126. The Morgan fingerprint density at radius 2 is 2.04 bits per heavy atom. The van der Waals surface area contributed by atoms with E-state index in [1.54, 1.807) is 24.4 Å². The van der Waals surface area contributed by atoms with Crippen molar-refractivity contribution >= 4 is 11.6 Å². The third kappa shape index (κ3) is 2.01. The van der Waals surface area contributed by atoms with Crippen molar-refractivity contribution in [2.24, 2.45) is 0 Å². The maximum Gasteiger partial charge on any atom is 0.316 e. The molecule has 2 aliphatic heterocycles. The molecule has 1 aromatic carbocycles. The molecule has 0 atom stereocenters. The summed E-state index contributed by atoms with van der Waals surface area (Å²) < 4.78 is 19.4. The van der Waals surface area contributed by atoms with E-state index in [2.05, 4.69) is 9.97 Å². The monoisotopic (exact) mass is 328 g/mol. The van der Waals surface area contributed by atoms with Gasteiger partial charge in [-0.25, -0.2) is 9.37 Å². The first-order valence-electron chi connectivity index (χ1n) is 7.70. The minimum Gasteiger partial charge on any atom is -0.467 e. The number of benzene rings is 1. The number of rotatable bonds is 2. The van der Waals surface area contributed by atoms with E-state index in [1.807, 2.05) is 11.9 Å². The molecule has 7 heteroatoms. The van der Waals surface area contributed by atoms with Gasteiger partial charge in [0.25, 0.3) is 0 Å². The van der Waals surface area contributed by atoms with Crippen LogP contribution in [0.5, 0.6) is 6.01 Å². The normalized spacial score (nSPS) is 19.1. The molecule has 1 spiro atoms. The summed E-state index contributed by atoms with van der Waals surface area (Å²) in [5.74, 6) is -0.537. The molecule has 0 radical (unpaired) electrons. The predicted octanol–water partition coefficient (Wildman–Crippen LogP) is 1.35. The number of likely N-dealkylation sites (tertiary alicyclic amines) is 1. The third-order valence-corrected chi connectivity index (χ3v) is 4.68. The molecule has 0 aliphatic carbocycles. The van der Waals surface area contributed by atoms with Crippen LogP contribution in [0.1, 0.15) is 11.3 Å². The van der Waals surface area contributed by atoms with Gasteiger partial charge in [0.05, 0.1) is 25.0 Å². The lowest BCUT2D eigenvalue weighted by atomic mass is 9.72. The van der Waals surface area contributed by atoms with Crippen LogP contribution in [-0.4, -0.2) is 48.0 Å². The summed E-state index contributed by atoms with van der Waals surface area (Å²) in [5, 5.41) is 0. The molecule has 2 aromatic rings. The van der Waals surface area contributed by atoms with E-state index >= 15 is 0 Å². The second-order valence-corrected chi connectivity index (χ2v) is 6.33. The summed E-state index contributed by atoms with van der Waals surface area (Å²) in [6.45, 7) is 1.35. The van der Waals surface area contributed by atoms with Crippen molar-refractivity contribution in [2.45, 2.75) is 12.0 Å². The number of carbonyl (C=O) groups is 1. The summed E-state index contributed by atoms with van der Waals surface area (Å²) in [5.41, 5.74) is 1.05. The lowest BCUT2D eigenvalue weighted by Gasteiger charge is -2.51. The zero-order valence-corrected chi connectivity index (χ0v) is 13.5. The number of ether oxygens (including phenoxy) is 1. The summed E-state index contributed by atoms with van der Waals surface area (Å²) in [6.07, 6.45) is 1.67. The topological polar surface area (TPSA) is 58.6 Å². The molecule has 1 saturated heterocycles. The van der Waals surface area contributed by atoms with Crippen molar-refractivity contribution in [3.63, 3.8) is 0 Å². The van der Waals surface area contributed by atoms with Crippen molar-refractivity contribution in [2.75, 3.05) is 32.1 Å². The molecule has 0 bridgehead atoms. The number of hydrogen-bond acceptors (Lipinski definition) is 5. The Bertz CT molecular complexity index is 820. The van der Waals surface area contributed by atoms with Crippen molar-refractivity contribution in [3.05, 3.63) is 47.5 Å². The Hall–Kier alpha value is -2.54. The van der Waals surface area contributed by atoms with Gasteiger partial charge in [0.1, 0.15) is 11.2 Å². The van der Waals surface area contributed by atoms with Crippen LogP contribution < -0.4 is 9.64 Å². The highest BCUT2D eigenvalue weighted by atomic mass is 19.1. The first-order valence-corrected chi connectivity index (χ1v) is 7.70. The number of para-hydroxylation sites is 1. The number of methoxy groups -OCH3 is 1. The zero-order valence-electron chi connectivity index (χ0n) is 13.5. The average Bonchev–Trinajstić information content (AvgIpc) is 2.56. The lowest BCUT2D eigenvalue weighted by molar-refractivity contribution is -0.131. The van der Waals surface area contributed by atoms with E-state index in [9.17, 15) is 9.18 Å². The van der Waals surface area contributed by atoms with Gasteiger partial charge < -0.3 is 14.5 Å². The number of hydrogen-bond donors (Lipinski definition) is 0. The van der Waals surface area contributed by atoms with E-state index in [-0.39, 0.29) is 24.1 Å². The number of amides is 1. The fourth-order valence-electron chi connectivity index (χ4n) is 3.65. The fraction of sp³-hybridized carbons (Fsp3) is 0.353. The van der Waals surface area contributed by atoms with Crippen molar-refractivity contribution in [3.8, 4) is 6.01 Å². The smallest absolute Gasteiger partial charge is 0.316 e. The molecule has 6 nitrogen and oxygen atoms in total. The maximum absolute atomic E-state index is 14.2. The largest absolute Gasteiger partial charge is 0.467 e. The van der Waals surface area contributed by atoms with Crippen LogP contribution in [0.2, 0.25) is 0 Å². The molecule has 0 unspecified atom stereocenters. The van der Waals surface area contributed by atoms with Crippen molar-refractivity contribution in [1.82, 2.24) is 14.9 Å². The van der Waals surface area contributed by atoms with Gasteiger partial charge in [0.2, 0.25) is 5.91 Å². The van der Waals surface area contributed by atoms with E-state index in [0.29, 0.717) is 18.8 Å². The van der Waals surface area contributed by atoms with Gasteiger partial charge in [0.15, 0.2) is 0 Å².